The Balaban J connectivity index is 1.45. The Hall–Kier alpha value is -5.36. The van der Waals surface area contributed by atoms with Gasteiger partial charge in [-0.25, -0.2) is 4.58 Å². The third-order valence-electron chi connectivity index (χ3n) is 9.47. The molecule has 284 valence electrons. The SMILES string of the molecule is COC(=O)CN1CCSCCN(CC(=O)OC)c2ccc(-c3c4ccc(=[N+](C)C)cc-4oc4cc(N(C)C)ccc34)cc2OCCOc2cc(C)ccc21. The lowest BCUT2D eigenvalue weighted by Gasteiger charge is -2.27. The second-order valence-electron chi connectivity index (χ2n) is 13.6. The summed E-state index contributed by atoms with van der Waals surface area (Å²) in [4.78, 5) is 31.3. The smallest absolute Gasteiger partial charge is 0.325 e. The average molecular weight is 754 g/mol. The van der Waals surface area contributed by atoms with Gasteiger partial charge in [0, 0.05) is 73.0 Å². The van der Waals surface area contributed by atoms with Crippen LogP contribution in [0.1, 0.15) is 5.56 Å². The molecule has 0 radical (unpaired) electrons. The van der Waals surface area contributed by atoms with E-state index in [1.807, 2.05) is 69.2 Å². The van der Waals surface area contributed by atoms with Gasteiger partial charge in [0.2, 0.25) is 5.36 Å². The summed E-state index contributed by atoms with van der Waals surface area (Å²) in [7, 11) is 10.9. The van der Waals surface area contributed by atoms with E-state index in [2.05, 4.69) is 58.0 Å². The van der Waals surface area contributed by atoms with Crippen LogP contribution in [0, 0.1) is 6.92 Å². The molecule has 3 aromatic rings. The first-order valence-electron chi connectivity index (χ1n) is 18.0. The highest BCUT2D eigenvalue weighted by Crippen LogP contribution is 2.43. The Labute approximate surface area is 321 Å². The highest BCUT2D eigenvalue weighted by Gasteiger charge is 2.23. The summed E-state index contributed by atoms with van der Waals surface area (Å²) in [6, 6.07) is 24.7. The molecule has 12 heteroatoms. The molecule has 0 unspecified atom stereocenters. The number of nitrogens with zero attached hydrogens (tertiary/aromatic N) is 4. The maximum absolute atomic E-state index is 12.8. The number of thioether (sulfide) groups is 1. The Bertz CT molecular complexity index is 2180. The minimum absolute atomic E-state index is 0.0547. The Morgan fingerprint density at radius 2 is 1.43 bits per heavy atom. The Kier molecular flexibility index (Phi) is 12.2. The van der Waals surface area contributed by atoms with Gasteiger partial charge >= 0.3 is 11.9 Å². The van der Waals surface area contributed by atoms with Crippen molar-refractivity contribution in [1.29, 1.82) is 0 Å². The fourth-order valence-electron chi connectivity index (χ4n) is 6.54. The molecule has 0 fully saturated rings. The molecule has 3 aromatic carbocycles. The molecule has 2 aliphatic heterocycles. The van der Waals surface area contributed by atoms with E-state index < -0.39 is 0 Å². The molecule has 0 amide bonds. The van der Waals surface area contributed by atoms with Gasteiger partial charge in [0.1, 0.15) is 63.2 Å². The summed E-state index contributed by atoms with van der Waals surface area (Å²) in [5, 5.41) is 2.00. The van der Waals surface area contributed by atoms with Crippen LogP contribution in [-0.2, 0) is 19.1 Å². The summed E-state index contributed by atoms with van der Waals surface area (Å²) < 4.78 is 31.8. The summed E-state index contributed by atoms with van der Waals surface area (Å²) in [5.41, 5.74) is 7.37. The lowest BCUT2D eigenvalue weighted by molar-refractivity contribution is -0.139. The van der Waals surface area contributed by atoms with Gasteiger partial charge < -0.3 is 38.1 Å². The van der Waals surface area contributed by atoms with E-state index in [0.717, 1.165) is 72.9 Å². The monoisotopic (exact) mass is 753 g/mol. The predicted octanol–water partition coefficient (Wildman–Crippen LogP) is 5.77. The van der Waals surface area contributed by atoms with Crippen LogP contribution in [0.5, 0.6) is 11.5 Å². The number of rotatable bonds is 6. The lowest BCUT2D eigenvalue weighted by atomic mass is 9.93. The number of esters is 2. The van der Waals surface area contributed by atoms with Crippen molar-refractivity contribution < 1.29 is 33.0 Å². The quantitative estimate of drug-likeness (QED) is 0.120. The number of benzene rings is 4. The number of methoxy groups -OCH3 is 2. The molecule has 1 aliphatic carbocycles. The maximum Gasteiger partial charge on any atom is 0.325 e. The first-order chi connectivity index (χ1) is 26.1. The topological polar surface area (TPSA) is 96.9 Å². The number of hydrogen-bond acceptors (Lipinski definition) is 11. The largest absolute Gasteiger partial charge is 0.488 e. The zero-order valence-corrected chi connectivity index (χ0v) is 33.0. The molecule has 6 rings (SSSR count). The van der Waals surface area contributed by atoms with Gasteiger partial charge in [0.05, 0.1) is 31.7 Å². The van der Waals surface area contributed by atoms with Gasteiger partial charge in [-0.1, -0.05) is 12.1 Å². The van der Waals surface area contributed by atoms with E-state index in [0.29, 0.717) is 24.6 Å². The van der Waals surface area contributed by atoms with Crippen LogP contribution in [0.2, 0.25) is 0 Å². The number of anilines is 3. The van der Waals surface area contributed by atoms with Crippen molar-refractivity contribution in [2.45, 2.75) is 6.92 Å². The van der Waals surface area contributed by atoms with Crippen molar-refractivity contribution in [3.63, 3.8) is 0 Å². The Morgan fingerprint density at radius 3 is 2.04 bits per heavy atom. The van der Waals surface area contributed by atoms with Crippen LogP contribution >= 0.6 is 11.8 Å². The molecule has 0 N–H and O–H groups in total. The van der Waals surface area contributed by atoms with E-state index >= 15 is 0 Å². The molecule has 0 saturated heterocycles. The molecule has 2 heterocycles. The van der Waals surface area contributed by atoms with E-state index in [-0.39, 0.29) is 38.2 Å². The fraction of sp³-hybridized carbons (Fsp3) is 0.357. The number of carbonyl (C=O) groups excluding carboxylic acids is 2. The van der Waals surface area contributed by atoms with Crippen molar-refractivity contribution >= 4 is 51.7 Å². The van der Waals surface area contributed by atoms with Gasteiger partial charge in [-0.2, -0.15) is 11.8 Å². The summed E-state index contributed by atoms with van der Waals surface area (Å²) >= 11 is 1.74. The Morgan fingerprint density at radius 1 is 0.796 bits per heavy atom. The second-order valence-corrected chi connectivity index (χ2v) is 14.8. The number of ether oxygens (including phenoxy) is 4. The molecule has 0 bridgehead atoms. The first kappa shape index (κ1) is 38.4. The van der Waals surface area contributed by atoms with Gasteiger partial charge in [0.25, 0.3) is 0 Å². The van der Waals surface area contributed by atoms with Crippen LogP contribution in [-0.4, -0.2) is 105 Å². The molecule has 54 heavy (non-hydrogen) atoms. The summed E-state index contributed by atoms with van der Waals surface area (Å²) in [6.07, 6.45) is 0. The van der Waals surface area contributed by atoms with Crippen LogP contribution in [0.25, 0.3) is 33.4 Å². The van der Waals surface area contributed by atoms with E-state index in [9.17, 15) is 9.59 Å². The second kappa shape index (κ2) is 17.2. The predicted molar refractivity (Wildman–Crippen MR) is 218 cm³/mol. The zero-order valence-electron chi connectivity index (χ0n) is 32.1. The fourth-order valence-corrected chi connectivity index (χ4v) is 7.45. The average Bonchev–Trinajstić information content (AvgIpc) is 3.17. The molecule has 0 saturated carbocycles. The molecule has 0 spiro atoms. The highest BCUT2D eigenvalue weighted by molar-refractivity contribution is 7.99. The van der Waals surface area contributed by atoms with Crippen LogP contribution in [0.4, 0.5) is 17.1 Å². The minimum Gasteiger partial charge on any atom is -0.488 e. The zero-order chi connectivity index (χ0) is 38.4. The van der Waals surface area contributed by atoms with Crippen molar-refractivity contribution in [3.05, 3.63) is 83.7 Å². The van der Waals surface area contributed by atoms with E-state index in [1.165, 1.54) is 14.2 Å². The normalized spacial score (nSPS) is 13.8. The van der Waals surface area contributed by atoms with Crippen LogP contribution in [0.15, 0.2) is 77.2 Å². The van der Waals surface area contributed by atoms with Crippen LogP contribution < -0.4 is 34.1 Å². The standard InChI is InChI=1S/C42H49N4O7S/c1-28-8-14-34-38(22-28)51-18-19-52-39-23-29(9-15-35(39)46(27-41(48)50-7)17-21-54-20-16-45(34)26-40(47)49-6)42-32-12-10-30(43(2)3)24-36(32)53-37-25-31(44(4)5)11-13-33(37)42/h8-15,22-25H,16-21,26-27H2,1-7H3/q+1. The van der Waals surface area contributed by atoms with E-state index in [1.54, 1.807) is 11.8 Å². The number of fused-ring (bicyclic) bond motifs is 4. The van der Waals surface area contributed by atoms with E-state index in [4.69, 9.17) is 23.4 Å². The van der Waals surface area contributed by atoms with Gasteiger partial charge in [0.15, 0.2) is 0 Å². The van der Waals surface area contributed by atoms with Gasteiger partial charge in [-0.05, 0) is 60.5 Å². The molecule has 3 aliphatic rings. The minimum atomic E-state index is -0.346. The molecule has 0 atom stereocenters. The molecular weight excluding hydrogens is 705 g/mol. The molecule has 0 aromatic heterocycles. The number of carbonyl (C=O) groups is 2. The summed E-state index contributed by atoms with van der Waals surface area (Å²) in [5.74, 6) is 2.85. The first-order valence-corrected chi connectivity index (χ1v) is 19.1. The lowest BCUT2D eigenvalue weighted by Crippen LogP contribution is -2.34. The number of hydrogen-bond donors (Lipinski definition) is 0. The van der Waals surface area contributed by atoms with Crippen molar-refractivity contribution in [2.75, 3.05) is 108 Å². The van der Waals surface area contributed by atoms with Crippen molar-refractivity contribution in [1.82, 2.24) is 4.58 Å². The van der Waals surface area contributed by atoms with Crippen LogP contribution in [0.3, 0.4) is 0 Å². The molecular formula is C42H49N4O7S+. The van der Waals surface area contributed by atoms with Gasteiger partial charge in [-0.3, -0.25) is 9.59 Å². The molecule has 11 nitrogen and oxygen atoms in total. The number of aryl methyl sites for hydroxylation is 1. The summed E-state index contributed by atoms with van der Waals surface area (Å²) in [6.45, 7) is 3.80. The maximum atomic E-state index is 12.8. The third kappa shape index (κ3) is 8.71. The third-order valence-corrected chi connectivity index (χ3v) is 10.4. The van der Waals surface area contributed by atoms with Gasteiger partial charge in [-0.15, -0.1) is 0 Å². The van der Waals surface area contributed by atoms with Crippen molar-refractivity contribution in [3.8, 4) is 33.9 Å². The highest BCUT2D eigenvalue weighted by atomic mass is 32.2. The van der Waals surface area contributed by atoms with Crippen molar-refractivity contribution in [2.24, 2.45) is 0 Å².